The molecule has 0 spiro atoms. The predicted molar refractivity (Wildman–Crippen MR) is 64.6 cm³/mol. The van der Waals surface area contributed by atoms with Gasteiger partial charge in [0.15, 0.2) is 0 Å². The minimum absolute atomic E-state index is 0.0305. The van der Waals surface area contributed by atoms with E-state index in [0.29, 0.717) is 13.1 Å². The van der Waals surface area contributed by atoms with Crippen molar-refractivity contribution in [2.75, 3.05) is 13.1 Å². The molecule has 0 unspecified atom stereocenters. The van der Waals surface area contributed by atoms with Crippen LogP contribution in [-0.4, -0.2) is 29.0 Å². The summed E-state index contributed by atoms with van der Waals surface area (Å²) < 4.78 is 13.0. The summed E-state index contributed by atoms with van der Waals surface area (Å²) in [6.07, 6.45) is 1.88. The first-order valence-electron chi connectivity index (χ1n) is 5.88. The summed E-state index contributed by atoms with van der Waals surface area (Å²) in [4.78, 5) is 13.7. The Morgan fingerprint density at radius 3 is 2.71 bits per heavy atom. The molecule has 0 aliphatic carbocycles. The molecule has 1 rings (SSSR count). The van der Waals surface area contributed by atoms with Crippen molar-refractivity contribution in [2.45, 2.75) is 26.7 Å². The Hall–Kier alpha value is -1.58. The molecule has 0 saturated heterocycles. The minimum atomic E-state index is -0.516. The number of halogens is 1. The minimum Gasteiger partial charge on any atom is -0.507 e. The highest BCUT2D eigenvalue weighted by molar-refractivity contribution is 5.96. The van der Waals surface area contributed by atoms with E-state index >= 15 is 0 Å². The maximum Gasteiger partial charge on any atom is 0.257 e. The Balaban J connectivity index is 2.89. The molecule has 0 fully saturated rings. The van der Waals surface area contributed by atoms with Crippen molar-refractivity contribution in [3.63, 3.8) is 0 Å². The third-order valence-corrected chi connectivity index (χ3v) is 2.64. The third kappa shape index (κ3) is 3.44. The Morgan fingerprint density at radius 2 is 2.12 bits per heavy atom. The number of aromatic hydroxyl groups is 1. The van der Waals surface area contributed by atoms with Gasteiger partial charge in [-0.1, -0.05) is 13.3 Å². The van der Waals surface area contributed by atoms with Crippen LogP contribution in [0.3, 0.4) is 0 Å². The van der Waals surface area contributed by atoms with Gasteiger partial charge in [0.25, 0.3) is 5.91 Å². The quantitative estimate of drug-likeness (QED) is 0.858. The van der Waals surface area contributed by atoms with Crippen LogP contribution in [0.5, 0.6) is 5.75 Å². The molecule has 0 atom stereocenters. The topological polar surface area (TPSA) is 40.5 Å². The maximum atomic E-state index is 13.0. The summed E-state index contributed by atoms with van der Waals surface area (Å²) in [5.41, 5.74) is 0.0305. The molecule has 3 nitrogen and oxygen atoms in total. The van der Waals surface area contributed by atoms with Crippen molar-refractivity contribution in [1.29, 1.82) is 0 Å². The van der Waals surface area contributed by atoms with Crippen LogP contribution in [0, 0.1) is 5.82 Å². The molecule has 0 saturated carbocycles. The maximum absolute atomic E-state index is 13.0. The van der Waals surface area contributed by atoms with Crippen LogP contribution in [0.2, 0.25) is 0 Å². The van der Waals surface area contributed by atoms with Gasteiger partial charge in [-0.15, -0.1) is 0 Å². The molecule has 0 aromatic heterocycles. The lowest BCUT2D eigenvalue weighted by atomic mass is 10.1. The van der Waals surface area contributed by atoms with Gasteiger partial charge in [0, 0.05) is 13.1 Å². The van der Waals surface area contributed by atoms with Gasteiger partial charge in [0.2, 0.25) is 0 Å². The zero-order valence-electron chi connectivity index (χ0n) is 10.2. The van der Waals surface area contributed by atoms with E-state index in [1.165, 1.54) is 6.07 Å². The molecular weight excluding hydrogens is 221 g/mol. The summed E-state index contributed by atoms with van der Waals surface area (Å²) >= 11 is 0. The summed E-state index contributed by atoms with van der Waals surface area (Å²) in [5.74, 6) is -1.01. The number of carbonyl (C=O) groups excluding carboxylic acids is 1. The lowest BCUT2D eigenvalue weighted by molar-refractivity contribution is 0.0758. The van der Waals surface area contributed by atoms with Gasteiger partial charge in [0.05, 0.1) is 5.56 Å². The molecule has 0 radical (unpaired) electrons. The van der Waals surface area contributed by atoms with Crippen molar-refractivity contribution in [3.8, 4) is 5.75 Å². The molecule has 0 heterocycles. The molecule has 4 heteroatoms. The molecular formula is C13H18FNO2. The fourth-order valence-corrected chi connectivity index (χ4v) is 1.60. The fraction of sp³-hybridized carbons (Fsp3) is 0.462. The smallest absolute Gasteiger partial charge is 0.257 e. The van der Waals surface area contributed by atoms with Crippen LogP contribution in [0.4, 0.5) is 4.39 Å². The van der Waals surface area contributed by atoms with Crippen LogP contribution < -0.4 is 0 Å². The zero-order valence-corrected chi connectivity index (χ0v) is 10.2. The van der Waals surface area contributed by atoms with Crippen LogP contribution in [-0.2, 0) is 0 Å². The van der Waals surface area contributed by atoms with E-state index in [9.17, 15) is 14.3 Å². The largest absolute Gasteiger partial charge is 0.507 e. The molecule has 1 aromatic rings. The van der Waals surface area contributed by atoms with E-state index < -0.39 is 5.82 Å². The van der Waals surface area contributed by atoms with Crippen molar-refractivity contribution >= 4 is 5.91 Å². The standard InChI is InChI=1S/C13H18FNO2/c1-3-5-8-15(4-2)13(17)11-9-10(14)6-7-12(11)16/h6-7,9,16H,3-5,8H2,1-2H3. The molecule has 1 amide bonds. The first-order chi connectivity index (χ1) is 8.10. The first-order valence-corrected chi connectivity index (χ1v) is 5.88. The number of phenols is 1. The second kappa shape index (κ2) is 6.23. The Morgan fingerprint density at radius 1 is 1.41 bits per heavy atom. The zero-order chi connectivity index (χ0) is 12.8. The summed E-state index contributed by atoms with van der Waals surface area (Å²) in [6.45, 7) is 5.08. The summed E-state index contributed by atoms with van der Waals surface area (Å²) in [5, 5.41) is 9.56. The molecule has 0 bridgehead atoms. The van der Waals surface area contributed by atoms with Gasteiger partial charge in [0.1, 0.15) is 11.6 Å². The SMILES string of the molecule is CCCCN(CC)C(=O)c1cc(F)ccc1O. The van der Waals surface area contributed by atoms with Gasteiger partial charge < -0.3 is 10.0 Å². The molecule has 0 aliphatic rings. The summed E-state index contributed by atoms with van der Waals surface area (Å²) in [6, 6.07) is 3.41. The van der Waals surface area contributed by atoms with Crippen molar-refractivity contribution < 1.29 is 14.3 Å². The van der Waals surface area contributed by atoms with E-state index in [1.807, 2.05) is 13.8 Å². The van der Waals surface area contributed by atoms with Crippen LogP contribution >= 0.6 is 0 Å². The predicted octanol–water partition coefficient (Wildman–Crippen LogP) is 2.79. The third-order valence-electron chi connectivity index (χ3n) is 2.64. The first kappa shape index (κ1) is 13.5. The number of benzene rings is 1. The van der Waals surface area contributed by atoms with Gasteiger partial charge in [-0.25, -0.2) is 4.39 Å². The lowest BCUT2D eigenvalue weighted by Crippen LogP contribution is -2.31. The van der Waals surface area contributed by atoms with E-state index in [4.69, 9.17) is 0 Å². The number of hydrogen-bond donors (Lipinski definition) is 1. The normalized spacial score (nSPS) is 10.3. The Labute approximate surface area is 101 Å². The lowest BCUT2D eigenvalue weighted by Gasteiger charge is -2.21. The Kier molecular flexibility index (Phi) is 4.94. The fourth-order valence-electron chi connectivity index (χ4n) is 1.60. The number of nitrogens with zero attached hydrogens (tertiary/aromatic N) is 1. The molecule has 1 N–H and O–H groups in total. The van der Waals surface area contributed by atoms with Gasteiger partial charge in [-0.2, -0.15) is 0 Å². The molecule has 17 heavy (non-hydrogen) atoms. The number of amides is 1. The molecule has 0 aliphatic heterocycles. The molecule has 94 valence electrons. The van der Waals surface area contributed by atoms with E-state index in [-0.39, 0.29) is 17.2 Å². The number of unbranched alkanes of at least 4 members (excludes halogenated alkanes) is 1. The van der Waals surface area contributed by atoms with Crippen LogP contribution in [0.1, 0.15) is 37.0 Å². The second-order valence-electron chi connectivity index (χ2n) is 3.90. The number of carbonyl (C=O) groups is 1. The van der Waals surface area contributed by atoms with Gasteiger partial charge >= 0.3 is 0 Å². The van der Waals surface area contributed by atoms with Crippen LogP contribution in [0.25, 0.3) is 0 Å². The molecule has 1 aromatic carbocycles. The number of hydrogen-bond acceptors (Lipinski definition) is 2. The summed E-state index contributed by atoms with van der Waals surface area (Å²) in [7, 11) is 0. The highest BCUT2D eigenvalue weighted by Crippen LogP contribution is 2.19. The van der Waals surface area contributed by atoms with Gasteiger partial charge in [-0.05, 0) is 31.5 Å². The Bertz CT molecular complexity index is 393. The highest BCUT2D eigenvalue weighted by Gasteiger charge is 2.17. The average molecular weight is 239 g/mol. The van der Waals surface area contributed by atoms with E-state index in [2.05, 4.69) is 0 Å². The number of phenolic OH excluding ortho intramolecular Hbond substituents is 1. The average Bonchev–Trinajstić information content (AvgIpc) is 2.33. The van der Waals surface area contributed by atoms with E-state index in [0.717, 1.165) is 25.0 Å². The highest BCUT2D eigenvalue weighted by atomic mass is 19.1. The van der Waals surface area contributed by atoms with Crippen LogP contribution in [0.15, 0.2) is 18.2 Å². The monoisotopic (exact) mass is 239 g/mol. The van der Waals surface area contributed by atoms with Crippen molar-refractivity contribution in [2.24, 2.45) is 0 Å². The van der Waals surface area contributed by atoms with E-state index in [1.54, 1.807) is 4.90 Å². The van der Waals surface area contributed by atoms with Gasteiger partial charge in [-0.3, -0.25) is 4.79 Å². The second-order valence-corrected chi connectivity index (χ2v) is 3.90. The number of rotatable bonds is 5. The van der Waals surface area contributed by atoms with Crippen molar-refractivity contribution in [1.82, 2.24) is 4.90 Å². The van der Waals surface area contributed by atoms with Crippen molar-refractivity contribution in [3.05, 3.63) is 29.6 Å².